The topological polar surface area (TPSA) is 114 Å². The van der Waals surface area contributed by atoms with E-state index in [4.69, 9.17) is 10.6 Å². The van der Waals surface area contributed by atoms with Gasteiger partial charge >= 0.3 is 5.97 Å². The summed E-state index contributed by atoms with van der Waals surface area (Å²) in [6.45, 7) is 0. The van der Waals surface area contributed by atoms with Gasteiger partial charge in [0.15, 0.2) is 0 Å². The van der Waals surface area contributed by atoms with Gasteiger partial charge in [-0.3, -0.25) is 9.59 Å². The van der Waals surface area contributed by atoms with Gasteiger partial charge in [-0.2, -0.15) is 5.10 Å². The number of aryl methyl sites for hydroxylation is 1. The van der Waals surface area contributed by atoms with Gasteiger partial charge in [-0.15, -0.1) is 0 Å². The number of nitrogens with two attached hydrogens (primary N) is 1. The predicted octanol–water partition coefficient (Wildman–Crippen LogP) is 4.82. The number of carboxylic acids is 1. The van der Waals surface area contributed by atoms with Crippen molar-refractivity contribution in [2.24, 2.45) is 10.9 Å². The zero-order valence-electron chi connectivity index (χ0n) is 18.9. The molecule has 0 saturated carbocycles. The summed E-state index contributed by atoms with van der Waals surface area (Å²) in [6, 6.07) is 23.8. The number of aliphatic carboxylic acids is 1. The van der Waals surface area contributed by atoms with Crippen molar-refractivity contribution in [1.29, 1.82) is 0 Å². The van der Waals surface area contributed by atoms with E-state index < -0.39 is 12.0 Å². The average Bonchev–Trinajstić information content (AvgIpc) is 2.83. The average molecular weight is 460 g/mol. The van der Waals surface area contributed by atoms with Gasteiger partial charge < -0.3 is 21.0 Å². The van der Waals surface area contributed by atoms with Crippen LogP contribution in [0.25, 0.3) is 0 Å². The zero-order chi connectivity index (χ0) is 24.2. The van der Waals surface area contributed by atoms with Gasteiger partial charge in [0.2, 0.25) is 5.91 Å². The van der Waals surface area contributed by atoms with Crippen molar-refractivity contribution in [3.8, 4) is 11.5 Å². The molecule has 176 valence electrons. The van der Waals surface area contributed by atoms with Crippen molar-refractivity contribution in [2.75, 3.05) is 0 Å². The smallest absolute Gasteiger partial charge is 0.305 e. The van der Waals surface area contributed by atoms with Gasteiger partial charge in [0, 0.05) is 6.42 Å². The fourth-order valence-corrected chi connectivity index (χ4v) is 3.58. The molecule has 0 fully saturated rings. The molecule has 4 N–H and O–H groups in total. The lowest BCUT2D eigenvalue weighted by Crippen LogP contribution is -2.30. The second kappa shape index (κ2) is 12.8. The van der Waals surface area contributed by atoms with Gasteiger partial charge in [-0.05, 0) is 60.2 Å². The highest BCUT2D eigenvalue weighted by Gasteiger charge is 2.18. The molecule has 0 heterocycles. The maximum absolute atomic E-state index is 12.6. The van der Waals surface area contributed by atoms with Crippen molar-refractivity contribution >= 4 is 18.1 Å². The van der Waals surface area contributed by atoms with Crippen molar-refractivity contribution in [1.82, 2.24) is 5.32 Å². The first-order valence-electron chi connectivity index (χ1n) is 11.2. The van der Waals surface area contributed by atoms with Gasteiger partial charge in [0.1, 0.15) is 11.5 Å². The number of benzene rings is 3. The number of carboxylic acid groups (broad SMARTS) is 1. The number of carbonyl (C=O) groups is 2. The summed E-state index contributed by atoms with van der Waals surface area (Å²) in [7, 11) is 0. The van der Waals surface area contributed by atoms with E-state index in [-0.39, 0.29) is 12.3 Å². The Morgan fingerprint density at radius 3 is 2.41 bits per heavy atom. The molecule has 7 heteroatoms. The number of rotatable bonds is 12. The van der Waals surface area contributed by atoms with E-state index in [1.54, 1.807) is 30.5 Å². The van der Waals surface area contributed by atoms with Crippen LogP contribution in [0.1, 0.15) is 48.4 Å². The van der Waals surface area contributed by atoms with Crippen LogP contribution in [0.15, 0.2) is 84.0 Å². The minimum Gasteiger partial charge on any atom is -0.481 e. The highest BCUT2D eigenvalue weighted by Crippen LogP contribution is 2.26. The lowest BCUT2D eigenvalue weighted by molar-refractivity contribution is -0.137. The lowest BCUT2D eigenvalue weighted by atomic mass is 10.0. The van der Waals surface area contributed by atoms with Crippen LogP contribution in [0.4, 0.5) is 0 Å². The number of ether oxygens (including phenoxy) is 1. The van der Waals surface area contributed by atoms with Crippen LogP contribution in [-0.2, 0) is 16.0 Å². The molecule has 34 heavy (non-hydrogen) atoms. The monoisotopic (exact) mass is 459 g/mol. The summed E-state index contributed by atoms with van der Waals surface area (Å²) in [4.78, 5) is 24.0. The van der Waals surface area contributed by atoms with E-state index in [1.807, 2.05) is 54.6 Å². The maximum atomic E-state index is 12.6. The fourth-order valence-electron chi connectivity index (χ4n) is 3.58. The molecule has 0 bridgehead atoms. The van der Waals surface area contributed by atoms with E-state index >= 15 is 0 Å². The second-order valence-electron chi connectivity index (χ2n) is 7.93. The van der Waals surface area contributed by atoms with E-state index in [2.05, 4.69) is 10.4 Å². The predicted molar refractivity (Wildman–Crippen MR) is 132 cm³/mol. The minimum absolute atomic E-state index is 0.171. The molecule has 0 aliphatic heterocycles. The number of unbranched alkanes of at least 4 members (excludes halogenated alkanes) is 1. The number of nitrogens with one attached hydrogen (secondary N) is 1. The number of amides is 1. The zero-order valence-corrected chi connectivity index (χ0v) is 18.9. The number of nitrogens with zero attached hydrogens (tertiary/aromatic N) is 1. The third-order valence-corrected chi connectivity index (χ3v) is 5.28. The number of carbonyl (C=O) groups excluding carboxylic acids is 1. The molecule has 0 spiro atoms. The first-order valence-corrected chi connectivity index (χ1v) is 11.2. The Hall–Kier alpha value is -4.13. The maximum Gasteiger partial charge on any atom is 0.305 e. The number of hydrazone groups is 1. The molecule has 1 unspecified atom stereocenters. The van der Waals surface area contributed by atoms with E-state index in [1.165, 1.54) is 5.56 Å². The molecule has 3 aromatic rings. The van der Waals surface area contributed by atoms with Crippen LogP contribution in [0.2, 0.25) is 0 Å². The van der Waals surface area contributed by atoms with Crippen LogP contribution in [-0.4, -0.2) is 23.2 Å². The first kappa shape index (κ1) is 24.5. The molecule has 0 radical (unpaired) electrons. The van der Waals surface area contributed by atoms with Crippen LogP contribution >= 0.6 is 0 Å². The molecule has 1 atom stereocenters. The van der Waals surface area contributed by atoms with E-state index in [0.717, 1.165) is 18.4 Å². The number of hydrogen-bond acceptors (Lipinski definition) is 5. The summed E-state index contributed by atoms with van der Waals surface area (Å²) in [5.74, 6) is 5.26. The van der Waals surface area contributed by atoms with Crippen molar-refractivity contribution < 1.29 is 19.4 Å². The molecule has 0 aliphatic rings. The third kappa shape index (κ3) is 8.09. The Kier molecular flexibility index (Phi) is 9.22. The second-order valence-corrected chi connectivity index (χ2v) is 7.93. The Labute approximate surface area is 199 Å². The SMILES string of the molecule is NN=Cc1ccc(CCCCC(=O)NC(CC(=O)O)c2cccc(Oc3ccccc3)c2)cc1. The molecule has 3 aromatic carbocycles. The summed E-state index contributed by atoms with van der Waals surface area (Å²) >= 11 is 0. The summed E-state index contributed by atoms with van der Waals surface area (Å²) < 4.78 is 5.85. The summed E-state index contributed by atoms with van der Waals surface area (Å²) in [5, 5.41) is 15.7. The fraction of sp³-hybridized carbons (Fsp3) is 0.222. The Morgan fingerprint density at radius 1 is 0.971 bits per heavy atom. The molecule has 0 aromatic heterocycles. The Morgan fingerprint density at radius 2 is 1.71 bits per heavy atom. The van der Waals surface area contributed by atoms with E-state index in [9.17, 15) is 14.7 Å². The van der Waals surface area contributed by atoms with Crippen LogP contribution in [0, 0.1) is 0 Å². The summed E-state index contributed by atoms with van der Waals surface area (Å²) in [6.07, 6.45) is 4.11. The minimum atomic E-state index is -0.984. The van der Waals surface area contributed by atoms with Crippen LogP contribution in [0.3, 0.4) is 0 Å². The molecule has 0 saturated heterocycles. The van der Waals surface area contributed by atoms with Crippen LogP contribution in [0.5, 0.6) is 11.5 Å². The van der Waals surface area contributed by atoms with Gasteiger partial charge in [-0.25, -0.2) is 0 Å². The highest BCUT2D eigenvalue weighted by atomic mass is 16.5. The standard InChI is InChI=1S/C27H29N3O4/c28-29-19-21-15-13-20(14-16-21)7-4-5-12-26(31)30-25(18-27(32)33)22-8-6-11-24(17-22)34-23-9-2-1-3-10-23/h1-3,6,8-11,13-17,19,25H,4-5,7,12,18,28H2,(H,30,31)(H,32,33). The van der Waals surface area contributed by atoms with Gasteiger partial charge in [-0.1, -0.05) is 54.6 Å². The summed E-state index contributed by atoms with van der Waals surface area (Å²) in [5.41, 5.74) is 2.80. The van der Waals surface area contributed by atoms with E-state index in [0.29, 0.717) is 29.9 Å². The Bertz CT molecular complexity index is 1100. The first-order chi connectivity index (χ1) is 16.5. The largest absolute Gasteiger partial charge is 0.481 e. The van der Waals surface area contributed by atoms with Gasteiger partial charge in [0.25, 0.3) is 0 Å². The van der Waals surface area contributed by atoms with Crippen molar-refractivity contribution in [2.45, 2.75) is 38.1 Å². The van der Waals surface area contributed by atoms with Gasteiger partial charge in [0.05, 0.1) is 18.7 Å². The van der Waals surface area contributed by atoms with Crippen LogP contribution < -0.4 is 15.9 Å². The van der Waals surface area contributed by atoms with Crippen molar-refractivity contribution in [3.63, 3.8) is 0 Å². The molecular weight excluding hydrogens is 430 g/mol. The molecule has 7 nitrogen and oxygen atoms in total. The number of hydrogen-bond donors (Lipinski definition) is 3. The lowest BCUT2D eigenvalue weighted by Gasteiger charge is -2.18. The molecule has 3 rings (SSSR count). The molecular formula is C27H29N3O4. The highest BCUT2D eigenvalue weighted by molar-refractivity contribution is 5.79. The normalized spacial score (nSPS) is 11.8. The molecule has 0 aliphatic carbocycles. The third-order valence-electron chi connectivity index (χ3n) is 5.28. The Balaban J connectivity index is 1.53. The number of para-hydroxylation sites is 1. The van der Waals surface area contributed by atoms with Crippen molar-refractivity contribution in [3.05, 3.63) is 95.6 Å². The molecule has 1 amide bonds. The quantitative estimate of drug-likeness (QED) is 0.156.